The van der Waals surface area contributed by atoms with E-state index in [0.29, 0.717) is 17.2 Å². The average Bonchev–Trinajstić information content (AvgIpc) is 2.70. The van der Waals surface area contributed by atoms with Gasteiger partial charge in [-0.2, -0.15) is 5.26 Å². The van der Waals surface area contributed by atoms with Gasteiger partial charge in [0.2, 0.25) is 0 Å². The second-order valence-electron chi connectivity index (χ2n) is 6.96. The minimum atomic E-state index is -0.329. The molecule has 0 saturated carbocycles. The van der Waals surface area contributed by atoms with Gasteiger partial charge in [0, 0.05) is 17.4 Å². The molecule has 0 bridgehead atoms. The van der Waals surface area contributed by atoms with Crippen molar-refractivity contribution < 1.29 is 9.53 Å². The molecular formula is C22H25N3O2. The number of rotatable bonds is 4. The van der Waals surface area contributed by atoms with Gasteiger partial charge in [0.25, 0.3) is 0 Å². The predicted molar refractivity (Wildman–Crippen MR) is 106 cm³/mol. The number of piperidine rings is 1. The molecule has 0 radical (unpaired) electrons. The van der Waals surface area contributed by atoms with Crippen molar-refractivity contribution in [2.75, 3.05) is 25.1 Å². The lowest BCUT2D eigenvalue weighted by molar-refractivity contribution is 0.0600. The number of hydrogen-bond donors (Lipinski definition) is 1. The van der Waals surface area contributed by atoms with Crippen LogP contribution in [-0.2, 0) is 4.74 Å². The zero-order chi connectivity index (χ0) is 19.4. The van der Waals surface area contributed by atoms with Gasteiger partial charge < -0.3 is 15.0 Å². The van der Waals surface area contributed by atoms with Crippen LogP contribution in [-0.4, -0.2) is 32.2 Å². The zero-order valence-electron chi connectivity index (χ0n) is 16.1. The second-order valence-corrected chi connectivity index (χ2v) is 6.96. The van der Waals surface area contributed by atoms with Crippen molar-refractivity contribution in [1.82, 2.24) is 5.32 Å². The lowest BCUT2D eigenvalue weighted by atomic mass is 9.98. The summed E-state index contributed by atoms with van der Waals surface area (Å²) in [7, 11) is 1.41. The molecule has 27 heavy (non-hydrogen) atoms. The number of aryl methyl sites for hydroxylation is 2. The Bertz CT molecular complexity index is 880. The Morgan fingerprint density at radius 2 is 1.93 bits per heavy atom. The number of nitriles is 1. The van der Waals surface area contributed by atoms with Gasteiger partial charge in [-0.1, -0.05) is 12.1 Å². The fraction of sp³-hybridized carbons (Fsp3) is 0.364. The molecule has 0 unspecified atom stereocenters. The summed E-state index contributed by atoms with van der Waals surface area (Å²) in [5, 5.41) is 12.7. The normalized spacial score (nSPS) is 14.4. The van der Waals surface area contributed by atoms with Crippen LogP contribution in [0.3, 0.4) is 0 Å². The Morgan fingerprint density at radius 3 is 2.59 bits per heavy atom. The molecule has 0 spiro atoms. The molecule has 5 heteroatoms. The van der Waals surface area contributed by atoms with Crippen molar-refractivity contribution in [2.45, 2.75) is 32.7 Å². The van der Waals surface area contributed by atoms with Crippen LogP contribution < -0.4 is 10.2 Å². The summed E-state index contributed by atoms with van der Waals surface area (Å²) >= 11 is 0. The van der Waals surface area contributed by atoms with Gasteiger partial charge in [-0.05, 0) is 75.2 Å². The topological polar surface area (TPSA) is 65.4 Å². The van der Waals surface area contributed by atoms with Crippen LogP contribution in [0.15, 0.2) is 36.4 Å². The molecule has 140 valence electrons. The average molecular weight is 363 g/mol. The first kappa shape index (κ1) is 18.9. The van der Waals surface area contributed by atoms with Crippen molar-refractivity contribution in [3.05, 3.63) is 58.7 Å². The number of benzene rings is 2. The molecular weight excluding hydrogens is 338 g/mol. The third kappa shape index (κ3) is 3.96. The van der Waals surface area contributed by atoms with E-state index < -0.39 is 0 Å². The highest BCUT2D eigenvalue weighted by Crippen LogP contribution is 2.35. The maximum Gasteiger partial charge on any atom is 0.338 e. The summed E-state index contributed by atoms with van der Waals surface area (Å²) in [6, 6.07) is 14.1. The number of carbonyl (C=O) groups excluding carboxylic acids is 1. The third-order valence-electron chi connectivity index (χ3n) is 5.14. The molecule has 0 aliphatic carbocycles. The van der Waals surface area contributed by atoms with Crippen LogP contribution >= 0.6 is 0 Å². The van der Waals surface area contributed by atoms with Crippen molar-refractivity contribution >= 4 is 17.3 Å². The van der Waals surface area contributed by atoms with Gasteiger partial charge in [0.05, 0.1) is 24.3 Å². The van der Waals surface area contributed by atoms with Gasteiger partial charge in [0.1, 0.15) is 0 Å². The summed E-state index contributed by atoms with van der Waals surface area (Å²) in [5.41, 5.74) is 5.17. The largest absolute Gasteiger partial charge is 0.465 e. The fourth-order valence-electron chi connectivity index (χ4n) is 3.77. The maximum absolute atomic E-state index is 12.2. The number of esters is 1. The molecule has 5 nitrogen and oxygen atoms in total. The van der Waals surface area contributed by atoms with E-state index in [0.717, 1.165) is 48.4 Å². The summed E-state index contributed by atoms with van der Waals surface area (Å²) in [5.74, 6) is -0.329. The van der Waals surface area contributed by atoms with Gasteiger partial charge in [-0.15, -0.1) is 0 Å². The SMILES string of the molecule is COC(=O)c1cc(N(c2cccc(C#N)c2)C2CCNCC2)c(C)cc1C. The lowest BCUT2D eigenvalue weighted by Gasteiger charge is -2.37. The minimum Gasteiger partial charge on any atom is -0.465 e. The van der Waals surface area contributed by atoms with E-state index in [-0.39, 0.29) is 5.97 Å². The van der Waals surface area contributed by atoms with Crippen LogP contribution in [0.1, 0.15) is 39.9 Å². The molecule has 2 aromatic rings. The Balaban J connectivity index is 2.15. The Hall–Kier alpha value is -2.84. The summed E-state index contributed by atoms with van der Waals surface area (Å²) in [6.07, 6.45) is 2.00. The molecule has 3 rings (SSSR count). The van der Waals surface area contributed by atoms with Gasteiger partial charge >= 0.3 is 5.97 Å². The van der Waals surface area contributed by atoms with E-state index in [1.807, 2.05) is 43.3 Å². The number of ether oxygens (including phenoxy) is 1. The molecule has 1 N–H and O–H groups in total. The van der Waals surface area contributed by atoms with Crippen molar-refractivity contribution in [2.24, 2.45) is 0 Å². The molecule has 1 aliphatic rings. The van der Waals surface area contributed by atoms with E-state index in [1.54, 1.807) is 0 Å². The van der Waals surface area contributed by atoms with Crippen molar-refractivity contribution in [1.29, 1.82) is 5.26 Å². The van der Waals surface area contributed by atoms with Crippen LogP contribution in [0.2, 0.25) is 0 Å². The highest BCUT2D eigenvalue weighted by Gasteiger charge is 2.26. The number of nitrogens with one attached hydrogen (secondary N) is 1. The lowest BCUT2D eigenvalue weighted by Crippen LogP contribution is -2.41. The summed E-state index contributed by atoms with van der Waals surface area (Å²) in [4.78, 5) is 14.5. The van der Waals surface area contributed by atoms with Gasteiger partial charge in [0.15, 0.2) is 0 Å². The number of methoxy groups -OCH3 is 1. The van der Waals surface area contributed by atoms with Gasteiger partial charge in [-0.25, -0.2) is 4.79 Å². The van der Waals surface area contributed by atoms with E-state index in [4.69, 9.17) is 4.74 Å². The van der Waals surface area contributed by atoms with Gasteiger partial charge in [-0.3, -0.25) is 0 Å². The highest BCUT2D eigenvalue weighted by molar-refractivity contribution is 5.93. The van der Waals surface area contributed by atoms with E-state index >= 15 is 0 Å². The van der Waals surface area contributed by atoms with E-state index in [2.05, 4.69) is 23.2 Å². The Morgan fingerprint density at radius 1 is 1.19 bits per heavy atom. The molecule has 1 saturated heterocycles. The quantitative estimate of drug-likeness (QED) is 0.836. The number of anilines is 2. The molecule has 2 aromatic carbocycles. The monoisotopic (exact) mass is 363 g/mol. The predicted octanol–water partition coefficient (Wildman–Crippen LogP) is 3.85. The first-order valence-electron chi connectivity index (χ1n) is 9.25. The first-order valence-corrected chi connectivity index (χ1v) is 9.25. The van der Waals surface area contributed by atoms with Crippen LogP contribution in [0.5, 0.6) is 0 Å². The minimum absolute atomic E-state index is 0.298. The number of hydrogen-bond acceptors (Lipinski definition) is 5. The van der Waals surface area contributed by atoms with Crippen molar-refractivity contribution in [3.8, 4) is 6.07 Å². The molecule has 1 heterocycles. The number of carbonyl (C=O) groups is 1. The second kappa shape index (κ2) is 8.24. The van der Waals surface area contributed by atoms with Crippen molar-refractivity contribution in [3.63, 3.8) is 0 Å². The Kier molecular flexibility index (Phi) is 5.78. The molecule has 0 atom stereocenters. The summed E-state index contributed by atoms with van der Waals surface area (Å²) in [6.45, 7) is 5.89. The maximum atomic E-state index is 12.2. The third-order valence-corrected chi connectivity index (χ3v) is 5.14. The van der Waals surface area contributed by atoms with Crippen LogP contribution in [0, 0.1) is 25.2 Å². The standard InChI is InChI=1S/C22H25N3O2/c1-15-11-16(2)21(13-20(15)22(26)27-3)25(18-7-9-24-10-8-18)19-6-4-5-17(12-19)14-23/h4-6,11-13,18,24H,7-10H2,1-3H3. The number of nitrogens with zero attached hydrogens (tertiary/aromatic N) is 2. The molecule has 0 amide bonds. The first-order chi connectivity index (χ1) is 13.0. The zero-order valence-corrected chi connectivity index (χ0v) is 16.1. The molecule has 0 aromatic heterocycles. The van der Waals surface area contributed by atoms with Crippen LogP contribution in [0.25, 0.3) is 0 Å². The highest BCUT2D eigenvalue weighted by atomic mass is 16.5. The van der Waals surface area contributed by atoms with E-state index in [9.17, 15) is 10.1 Å². The molecule has 1 aliphatic heterocycles. The molecule has 1 fully saturated rings. The Labute approximate surface area is 160 Å². The smallest absolute Gasteiger partial charge is 0.338 e. The fourth-order valence-corrected chi connectivity index (χ4v) is 3.77. The van der Waals surface area contributed by atoms with E-state index in [1.165, 1.54) is 7.11 Å². The summed E-state index contributed by atoms with van der Waals surface area (Å²) < 4.78 is 4.97. The van der Waals surface area contributed by atoms with Crippen LogP contribution in [0.4, 0.5) is 11.4 Å².